The van der Waals surface area contributed by atoms with E-state index in [1.807, 2.05) is 19.9 Å². The van der Waals surface area contributed by atoms with Crippen molar-refractivity contribution in [2.45, 2.75) is 19.9 Å². The van der Waals surface area contributed by atoms with Crippen LogP contribution in [0.2, 0.25) is 0 Å². The number of nitrogens with zero attached hydrogens (tertiary/aromatic N) is 3. The smallest absolute Gasteiger partial charge is 0.254 e. The summed E-state index contributed by atoms with van der Waals surface area (Å²) in [6, 6.07) is 7.99. The van der Waals surface area contributed by atoms with Crippen LogP contribution in [0.15, 0.2) is 30.5 Å². The lowest BCUT2D eigenvalue weighted by Crippen LogP contribution is -2.40. The van der Waals surface area contributed by atoms with Gasteiger partial charge in [0.05, 0.1) is 11.6 Å². The lowest BCUT2D eigenvalue weighted by molar-refractivity contribution is -0.119. The summed E-state index contributed by atoms with van der Waals surface area (Å²) >= 11 is 0. The summed E-state index contributed by atoms with van der Waals surface area (Å²) in [7, 11) is 0. The van der Waals surface area contributed by atoms with Gasteiger partial charge in [0, 0.05) is 11.9 Å². The largest absolute Gasteiger partial charge is 0.368 e. The Morgan fingerprint density at radius 3 is 2.58 bits per heavy atom. The van der Waals surface area contributed by atoms with Crippen LogP contribution in [0.3, 0.4) is 0 Å². The molecule has 2 rings (SSSR count). The second kappa shape index (κ2) is 7.94. The molecule has 0 saturated carbocycles. The number of aromatic nitrogens is 2. The minimum Gasteiger partial charge on any atom is -0.368 e. The van der Waals surface area contributed by atoms with Crippen LogP contribution in [0.5, 0.6) is 0 Å². The quantitative estimate of drug-likeness (QED) is 0.580. The van der Waals surface area contributed by atoms with Gasteiger partial charge in [-0.2, -0.15) is 10.2 Å². The second-order valence-corrected chi connectivity index (χ2v) is 5.91. The zero-order valence-corrected chi connectivity index (χ0v) is 14.4. The first-order valence-electron chi connectivity index (χ1n) is 7.81. The average molecular weight is 353 g/mol. The Morgan fingerprint density at radius 2 is 2.00 bits per heavy atom. The van der Waals surface area contributed by atoms with Crippen LogP contribution in [0.25, 0.3) is 0 Å². The fourth-order valence-corrected chi connectivity index (χ4v) is 2.24. The molecule has 26 heavy (non-hydrogen) atoms. The number of hydrogen-bond donors (Lipinski definition) is 4. The van der Waals surface area contributed by atoms with Gasteiger partial charge in [0.1, 0.15) is 17.4 Å². The Balaban J connectivity index is 2.38. The molecule has 0 aliphatic carbocycles. The van der Waals surface area contributed by atoms with Crippen molar-refractivity contribution in [1.82, 2.24) is 9.97 Å². The van der Waals surface area contributed by atoms with E-state index < -0.39 is 17.9 Å². The number of nitrogens with two attached hydrogens (primary N) is 2. The van der Waals surface area contributed by atoms with E-state index in [4.69, 9.17) is 16.7 Å². The molecule has 1 aromatic heterocycles. The lowest BCUT2D eigenvalue weighted by atomic mass is 10.0. The molecule has 0 fully saturated rings. The lowest BCUT2D eigenvalue weighted by Gasteiger charge is -2.19. The summed E-state index contributed by atoms with van der Waals surface area (Å²) in [6.45, 7) is 3.65. The Bertz CT molecular complexity index is 874. The van der Waals surface area contributed by atoms with Crippen molar-refractivity contribution in [3.63, 3.8) is 0 Å². The normalized spacial score (nSPS) is 11.5. The number of rotatable bonds is 7. The molecule has 9 nitrogen and oxygen atoms in total. The third-order valence-electron chi connectivity index (χ3n) is 3.57. The van der Waals surface area contributed by atoms with E-state index in [-0.39, 0.29) is 23.2 Å². The molecule has 1 aromatic carbocycles. The second-order valence-electron chi connectivity index (χ2n) is 5.91. The number of nitrogens with one attached hydrogen (secondary N) is 2. The molecule has 0 spiro atoms. The van der Waals surface area contributed by atoms with E-state index in [0.717, 1.165) is 0 Å². The summed E-state index contributed by atoms with van der Waals surface area (Å²) < 4.78 is 0. The van der Waals surface area contributed by atoms with E-state index in [1.165, 1.54) is 6.20 Å². The maximum atomic E-state index is 11.6. The third kappa shape index (κ3) is 4.45. The van der Waals surface area contributed by atoms with Crippen LogP contribution < -0.4 is 22.1 Å². The highest BCUT2D eigenvalue weighted by molar-refractivity contribution is 5.98. The fraction of sp³-hybridized carbons (Fsp3) is 0.235. The number of anilines is 3. The van der Waals surface area contributed by atoms with Gasteiger partial charge in [0.25, 0.3) is 5.91 Å². The van der Waals surface area contributed by atoms with Crippen molar-refractivity contribution in [3.05, 3.63) is 41.6 Å². The number of carbonyl (C=O) groups excluding carboxylic acids is 2. The summed E-state index contributed by atoms with van der Waals surface area (Å²) in [4.78, 5) is 31.4. The van der Waals surface area contributed by atoms with Crippen LogP contribution in [0.1, 0.15) is 29.8 Å². The Kier molecular flexibility index (Phi) is 5.70. The van der Waals surface area contributed by atoms with Crippen molar-refractivity contribution in [2.75, 3.05) is 10.6 Å². The Morgan fingerprint density at radius 1 is 1.27 bits per heavy atom. The number of amides is 2. The zero-order valence-electron chi connectivity index (χ0n) is 14.4. The Labute approximate surface area is 150 Å². The van der Waals surface area contributed by atoms with Crippen molar-refractivity contribution < 1.29 is 9.59 Å². The minimum absolute atomic E-state index is 0.0677. The molecule has 9 heteroatoms. The maximum Gasteiger partial charge on any atom is 0.254 e. The van der Waals surface area contributed by atoms with Crippen LogP contribution in [-0.2, 0) is 4.79 Å². The predicted octanol–water partition coefficient (Wildman–Crippen LogP) is 1.11. The standard InChI is InChI=1S/C17H19N7O2/c1-9(2)13(15(20)26)23-17-21-8-12(14(19)25)16(24-17)22-11-5-3-4-10(6-11)7-18/h3-6,8-9,13H,1-2H3,(H2,19,25)(H2,20,26)(H2,21,22,23,24)/t13-/m1/s1. The number of nitriles is 1. The molecule has 0 saturated heterocycles. The molecule has 134 valence electrons. The predicted molar refractivity (Wildman–Crippen MR) is 96.4 cm³/mol. The van der Waals surface area contributed by atoms with Crippen molar-refractivity contribution in [3.8, 4) is 6.07 Å². The molecule has 6 N–H and O–H groups in total. The highest BCUT2D eigenvalue weighted by atomic mass is 16.1. The Hall–Kier alpha value is -3.67. The van der Waals surface area contributed by atoms with Gasteiger partial charge in [0.15, 0.2) is 0 Å². The number of primary amides is 2. The topological polar surface area (TPSA) is 160 Å². The highest BCUT2D eigenvalue weighted by Gasteiger charge is 2.21. The van der Waals surface area contributed by atoms with Crippen LogP contribution >= 0.6 is 0 Å². The van der Waals surface area contributed by atoms with Crippen LogP contribution in [0.4, 0.5) is 17.5 Å². The van der Waals surface area contributed by atoms with Gasteiger partial charge in [-0.3, -0.25) is 9.59 Å². The summed E-state index contributed by atoms with van der Waals surface area (Å²) in [5.41, 5.74) is 11.8. The molecule has 0 radical (unpaired) electrons. The third-order valence-corrected chi connectivity index (χ3v) is 3.57. The van der Waals surface area contributed by atoms with E-state index in [9.17, 15) is 9.59 Å². The van der Waals surface area contributed by atoms with E-state index >= 15 is 0 Å². The van der Waals surface area contributed by atoms with Crippen LogP contribution in [0, 0.1) is 17.2 Å². The SMILES string of the molecule is CC(C)[C@@H](Nc1ncc(C(N)=O)c(Nc2cccc(C#N)c2)n1)C(N)=O. The average Bonchev–Trinajstić information content (AvgIpc) is 2.59. The van der Waals surface area contributed by atoms with Gasteiger partial charge in [-0.1, -0.05) is 19.9 Å². The summed E-state index contributed by atoms with van der Waals surface area (Å²) in [6.07, 6.45) is 1.26. The van der Waals surface area contributed by atoms with Gasteiger partial charge in [0.2, 0.25) is 11.9 Å². The van der Waals surface area contributed by atoms with Gasteiger partial charge >= 0.3 is 0 Å². The number of hydrogen-bond acceptors (Lipinski definition) is 7. The summed E-state index contributed by atoms with van der Waals surface area (Å²) in [5.74, 6) is -1.08. The fourth-order valence-electron chi connectivity index (χ4n) is 2.24. The molecular weight excluding hydrogens is 334 g/mol. The van der Waals surface area contributed by atoms with Gasteiger partial charge in [-0.25, -0.2) is 4.98 Å². The molecule has 1 heterocycles. The molecular formula is C17H19N7O2. The van der Waals surface area contributed by atoms with Crippen molar-refractivity contribution >= 4 is 29.3 Å². The molecule has 2 aromatic rings. The molecule has 0 bridgehead atoms. The minimum atomic E-state index is -0.717. The van der Waals surface area contributed by atoms with E-state index in [0.29, 0.717) is 11.3 Å². The first-order chi connectivity index (χ1) is 12.3. The van der Waals surface area contributed by atoms with Crippen molar-refractivity contribution in [2.24, 2.45) is 17.4 Å². The molecule has 2 amide bonds. The molecule has 0 aliphatic heterocycles. The monoisotopic (exact) mass is 353 g/mol. The zero-order chi connectivity index (χ0) is 19.3. The first kappa shape index (κ1) is 18.7. The van der Waals surface area contributed by atoms with Gasteiger partial charge in [-0.05, 0) is 24.1 Å². The maximum absolute atomic E-state index is 11.6. The molecule has 0 aliphatic rings. The van der Waals surface area contributed by atoms with Gasteiger partial charge in [-0.15, -0.1) is 0 Å². The molecule has 1 atom stereocenters. The van der Waals surface area contributed by atoms with Crippen LogP contribution in [-0.4, -0.2) is 27.8 Å². The van der Waals surface area contributed by atoms with Gasteiger partial charge < -0.3 is 22.1 Å². The highest BCUT2D eigenvalue weighted by Crippen LogP contribution is 2.21. The van der Waals surface area contributed by atoms with E-state index in [1.54, 1.807) is 24.3 Å². The number of benzene rings is 1. The first-order valence-corrected chi connectivity index (χ1v) is 7.81. The summed E-state index contributed by atoms with van der Waals surface area (Å²) in [5, 5.41) is 14.8. The van der Waals surface area contributed by atoms with Crippen molar-refractivity contribution in [1.29, 1.82) is 5.26 Å². The van der Waals surface area contributed by atoms with E-state index in [2.05, 4.69) is 20.6 Å². The number of carbonyl (C=O) groups is 2. The molecule has 0 unspecified atom stereocenters.